The van der Waals surface area contributed by atoms with Gasteiger partial charge in [-0.15, -0.1) is 0 Å². The predicted molar refractivity (Wildman–Crippen MR) is 98.7 cm³/mol. The summed E-state index contributed by atoms with van der Waals surface area (Å²) in [6.45, 7) is 5.17. The van der Waals surface area contributed by atoms with Crippen molar-refractivity contribution in [3.8, 4) is 5.75 Å². The molecule has 2 amide bonds. The van der Waals surface area contributed by atoms with Gasteiger partial charge in [-0.1, -0.05) is 19.9 Å². The summed E-state index contributed by atoms with van der Waals surface area (Å²) < 4.78 is 5.44. The number of nitrogens with zero attached hydrogens (tertiary/aromatic N) is 1. The molecule has 1 aromatic rings. The molecule has 5 nitrogen and oxygen atoms in total. The maximum Gasteiger partial charge on any atom is 0.223 e. The molecule has 0 bridgehead atoms. The first kappa shape index (κ1) is 17.4. The van der Waals surface area contributed by atoms with Crippen LogP contribution in [0.1, 0.15) is 37.8 Å². The molecule has 26 heavy (non-hydrogen) atoms. The van der Waals surface area contributed by atoms with Crippen LogP contribution in [0.15, 0.2) is 18.2 Å². The van der Waals surface area contributed by atoms with Gasteiger partial charge in [0, 0.05) is 31.8 Å². The van der Waals surface area contributed by atoms with E-state index < -0.39 is 0 Å². The molecule has 4 rings (SSSR count). The molecule has 1 N–H and O–H groups in total. The minimum Gasteiger partial charge on any atom is -0.497 e. The van der Waals surface area contributed by atoms with Crippen molar-refractivity contribution in [2.24, 2.45) is 23.7 Å². The van der Waals surface area contributed by atoms with Crippen LogP contribution in [0.3, 0.4) is 0 Å². The maximum absolute atomic E-state index is 13.0. The topological polar surface area (TPSA) is 58.6 Å². The average Bonchev–Trinajstić information content (AvgIpc) is 2.95. The largest absolute Gasteiger partial charge is 0.497 e. The first-order valence-electron chi connectivity index (χ1n) is 9.66. The maximum atomic E-state index is 13.0. The highest BCUT2D eigenvalue weighted by Crippen LogP contribution is 2.63. The zero-order valence-electron chi connectivity index (χ0n) is 16.0. The number of ether oxygens (including phenoxy) is 1. The smallest absolute Gasteiger partial charge is 0.223 e. The van der Waals surface area contributed by atoms with Crippen LogP contribution in [-0.4, -0.2) is 37.4 Å². The Hall–Kier alpha value is -2.04. The van der Waals surface area contributed by atoms with Gasteiger partial charge in [0.1, 0.15) is 5.75 Å². The van der Waals surface area contributed by atoms with Gasteiger partial charge >= 0.3 is 0 Å². The Kier molecular flexibility index (Phi) is 4.01. The normalized spacial score (nSPS) is 35.4. The second-order valence-corrected chi connectivity index (χ2v) is 8.10. The highest BCUT2D eigenvalue weighted by atomic mass is 16.5. The van der Waals surface area contributed by atoms with E-state index in [0.717, 1.165) is 25.1 Å². The van der Waals surface area contributed by atoms with Crippen LogP contribution in [0, 0.1) is 23.7 Å². The summed E-state index contributed by atoms with van der Waals surface area (Å²) in [5.41, 5.74) is 2.13. The molecule has 0 radical (unpaired) electrons. The minimum absolute atomic E-state index is 0.0326. The van der Waals surface area contributed by atoms with E-state index in [4.69, 9.17) is 4.74 Å². The highest BCUT2D eigenvalue weighted by molar-refractivity contribution is 5.86. The fourth-order valence-electron chi connectivity index (χ4n) is 6.13. The van der Waals surface area contributed by atoms with Crippen molar-refractivity contribution in [1.82, 2.24) is 10.2 Å². The van der Waals surface area contributed by atoms with Crippen molar-refractivity contribution in [2.75, 3.05) is 20.7 Å². The number of amides is 2. The Balaban J connectivity index is 1.95. The van der Waals surface area contributed by atoms with E-state index >= 15 is 0 Å². The molecule has 2 fully saturated rings. The number of rotatable bonds is 2. The van der Waals surface area contributed by atoms with Gasteiger partial charge in [-0.25, -0.2) is 0 Å². The number of aryl methyl sites for hydroxylation is 1. The number of benzene rings is 1. The molecule has 1 spiro atoms. The summed E-state index contributed by atoms with van der Waals surface area (Å²) in [7, 11) is 3.39. The second kappa shape index (κ2) is 6.00. The van der Waals surface area contributed by atoms with Crippen LogP contribution < -0.4 is 10.1 Å². The molecular weight excluding hydrogens is 328 g/mol. The minimum atomic E-state index is -0.369. The highest BCUT2D eigenvalue weighted by Gasteiger charge is 2.67. The third-order valence-corrected chi connectivity index (χ3v) is 7.31. The van der Waals surface area contributed by atoms with Crippen molar-refractivity contribution in [1.29, 1.82) is 0 Å². The fraction of sp³-hybridized carbons (Fsp3) is 0.619. The molecule has 1 aromatic carbocycles. The van der Waals surface area contributed by atoms with Gasteiger partial charge in [0.05, 0.1) is 12.6 Å². The van der Waals surface area contributed by atoms with Gasteiger partial charge in [0.15, 0.2) is 0 Å². The van der Waals surface area contributed by atoms with Crippen LogP contribution in [0.5, 0.6) is 5.75 Å². The van der Waals surface area contributed by atoms with Gasteiger partial charge in [-0.05, 0) is 47.9 Å². The first-order chi connectivity index (χ1) is 12.5. The van der Waals surface area contributed by atoms with Gasteiger partial charge in [0.2, 0.25) is 11.8 Å². The SMILES string of the molecule is CNC(=O)C1C2CC(=O)N3CCCc4cc(OC)ccc4C23[C@@H](C)[C@@H]1C. The third kappa shape index (κ3) is 2.03. The van der Waals surface area contributed by atoms with Crippen LogP contribution in [0.2, 0.25) is 0 Å². The summed E-state index contributed by atoms with van der Waals surface area (Å²) in [6.07, 6.45) is 2.36. The van der Waals surface area contributed by atoms with Crippen molar-refractivity contribution >= 4 is 11.8 Å². The standard InChI is InChI=1S/C21H28N2O3/c1-12-13(2)21-16-8-7-15(26-4)10-14(16)6-5-9-23(21)18(24)11-17(21)19(12)20(25)22-3/h7-8,10,12-13,17,19H,5-6,9,11H2,1-4H3,(H,22,25)/t12-,13-,17?,19?,21?/m0/s1. The van der Waals surface area contributed by atoms with E-state index in [1.54, 1.807) is 14.2 Å². The number of hydrogen-bond acceptors (Lipinski definition) is 3. The molecule has 0 aromatic heterocycles. The van der Waals surface area contributed by atoms with E-state index in [-0.39, 0.29) is 41.0 Å². The Morgan fingerprint density at radius 2 is 2.12 bits per heavy atom. The number of hydrogen-bond donors (Lipinski definition) is 1. The van der Waals surface area contributed by atoms with Crippen molar-refractivity contribution in [3.63, 3.8) is 0 Å². The molecule has 140 valence electrons. The Labute approximate surface area is 155 Å². The van der Waals surface area contributed by atoms with Gasteiger partial charge < -0.3 is 15.0 Å². The second-order valence-electron chi connectivity index (χ2n) is 8.10. The van der Waals surface area contributed by atoms with Crippen molar-refractivity contribution in [3.05, 3.63) is 29.3 Å². The molecule has 2 aliphatic heterocycles. The Bertz CT molecular complexity index is 762. The van der Waals surface area contributed by atoms with Crippen molar-refractivity contribution < 1.29 is 14.3 Å². The number of carbonyl (C=O) groups excluding carboxylic acids is 2. The fourth-order valence-corrected chi connectivity index (χ4v) is 6.13. The lowest BCUT2D eigenvalue weighted by Gasteiger charge is -2.43. The number of methoxy groups -OCH3 is 1. The van der Waals surface area contributed by atoms with Crippen LogP contribution >= 0.6 is 0 Å². The van der Waals surface area contributed by atoms with Gasteiger partial charge in [-0.3, -0.25) is 9.59 Å². The predicted octanol–water partition coefficient (Wildman–Crippen LogP) is 2.33. The van der Waals surface area contributed by atoms with E-state index in [1.807, 2.05) is 6.07 Å². The number of carbonyl (C=O) groups is 2. The molecule has 5 atom stereocenters. The molecule has 1 saturated heterocycles. The Morgan fingerprint density at radius 1 is 1.35 bits per heavy atom. The van der Waals surface area contributed by atoms with Crippen LogP contribution in [0.25, 0.3) is 0 Å². The number of fused-ring (bicyclic) bond motifs is 1. The molecule has 3 aliphatic rings. The molecule has 2 heterocycles. The van der Waals surface area contributed by atoms with E-state index in [0.29, 0.717) is 6.42 Å². The van der Waals surface area contributed by atoms with E-state index in [2.05, 4.69) is 36.2 Å². The van der Waals surface area contributed by atoms with Gasteiger partial charge in [0.25, 0.3) is 0 Å². The Morgan fingerprint density at radius 3 is 2.81 bits per heavy atom. The van der Waals surface area contributed by atoms with E-state index in [9.17, 15) is 9.59 Å². The average molecular weight is 356 g/mol. The van der Waals surface area contributed by atoms with Gasteiger partial charge in [-0.2, -0.15) is 0 Å². The summed E-state index contributed by atoms with van der Waals surface area (Å²) in [4.78, 5) is 27.8. The van der Waals surface area contributed by atoms with Crippen molar-refractivity contribution in [2.45, 2.75) is 38.6 Å². The third-order valence-electron chi connectivity index (χ3n) is 7.31. The zero-order chi connectivity index (χ0) is 18.6. The molecule has 1 aliphatic carbocycles. The summed E-state index contributed by atoms with van der Waals surface area (Å²) >= 11 is 0. The molecular formula is C21H28N2O3. The molecule has 3 unspecified atom stereocenters. The van der Waals surface area contributed by atoms with E-state index in [1.165, 1.54) is 11.1 Å². The monoisotopic (exact) mass is 356 g/mol. The lowest BCUT2D eigenvalue weighted by atomic mass is 9.73. The lowest BCUT2D eigenvalue weighted by molar-refractivity contribution is -0.133. The number of nitrogens with one attached hydrogen (secondary N) is 1. The summed E-state index contributed by atoms with van der Waals surface area (Å²) in [5.74, 6) is 1.49. The van der Waals surface area contributed by atoms with Crippen LogP contribution in [0.4, 0.5) is 0 Å². The molecule has 5 heteroatoms. The summed E-state index contributed by atoms with van der Waals surface area (Å²) in [5, 5.41) is 2.85. The first-order valence-corrected chi connectivity index (χ1v) is 9.66. The van der Waals surface area contributed by atoms with Crippen LogP contribution in [-0.2, 0) is 21.5 Å². The quantitative estimate of drug-likeness (QED) is 0.885. The molecule has 1 saturated carbocycles. The summed E-state index contributed by atoms with van der Waals surface area (Å²) in [6, 6.07) is 6.27. The lowest BCUT2D eigenvalue weighted by Crippen LogP contribution is -2.49. The zero-order valence-corrected chi connectivity index (χ0v) is 16.0.